The number of piperidine rings is 2. The van der Waals surface area contributed by atoms with Crippen LogP contribution in [-0.4, -0.2) is 65.4 Å². The summed E-state index contributed by atoms with van der Waals surface area (Å²) in [7, 11) is 0. The smallest absolute Gasteiger partial charge is 0.239 e. The quantitative estimate of drug-likeness (QED) is 0.420. The van der Waals surface area contributed by atoms with Gasteiger partial charge < -0.3 is 15.1 Å². The Hall–Kier alpha value is -1.48. The lowest BCUT2D eigenvalue weighted by molar-refractivity contribution is -0.135. The van der Waals surface area contributed by atoms with Gasteiger partial charge in [0.2, 0.25) is 11.8 Å². The number of nitrogens with one attached hydrogen (secondary N) is 1. The maximum atomic E-state index is 13.4. The van der Waals surface area contributed by atoms with E-state index in [9.17, 15) is 9.59 Å². The number of benzene rings is 1. The number of halogens is 3. The Morgan fingerprint density at radius 3 is 2.40 bits per heavy atom. The predicted molar refractivity (Wildman–Crippen MR) is 165 cm³/mol. The molecule has 1 N–H and O–H groups in total. The maximum absolute atomic E-state index is 13.4. The highest BCUT2D eigenvalue weighted by atomic mass is 79.9. The van der Waals surface area contributed by atoms with Crippen LogP contribution < -0.4 is 5.32 Å². The van der Waals surface area contributed by atoms with E-state index in [1.807, 2.05) is 17.2 Å². The van der Waals surface area contributed by atoms with Gasteiger partial charge >= 0.3 is 0 Å². The Balaban J connectivity index is 1.09. The standard InChI is InChI=1S/C31H37Br2ClN4O2/c32-23-15-22-4-3-21-16-24(34)17-25(33)28(21)29(30(22)36-18-23)20-7-12-37(13-8-20)27(39)14-19-5-10-38(11-6-19)31(40)26-2-1-9-35-26/h15-20,26,29,35H,1-14H2/t26-,29+/m0/s1. The van der Waals surface area contributed by atoms with Crippen molar-refractivity contribution >= 4 is 55.3 Å². The van der Waals surface area contributed by atoms with Crippen molar-refractivity contribution in [1.82, 2.24) is 20.1 Å². The highest BCUT2D eigenvalue weighted by Gasteiger charge is 2.37. The van der Waals surface area contributed by atoms with Gasteiger partial charge in [-0.15, -0.1) is 0 Å². The van der Waals surface area contributed by atoms with E-state index in [0.717, 1.165) is 98.1 Å². The van der Waals surface area contributed by atoms with Crippen molar-refractivity contribution in [2.75, 3.05) is 32.7 Å². The molecular formula is C31H37Br2ClN4O2. The van der Waals surface area contributed by atoms with Crippen molar-refractivity contribution in [3.63, 3.8) is 0 Å². The van der Waals surface area contributed by atoms with E-state index in [1.165, 1.54) is 22.4 Å². The minimum Gasteiger partial charge on any atom is -0.343 e. The van der Waals surface area contributed by atoms with Crippen molar-refractivity contribution in [3.05, 3.63) is 60.7 Å². The van der Waals surface area contributed by atoms with Crippen LogP contribution in [-0.2, 0) is 22.4 Å². The fourth-order valence-electron chi connectivity index (χ4n) is 7.36. The first kappa shape index (κ1) is 28.6. The lowest BCUT2D eigenvalue weighted by Gasteiger charge is -2.38. The van der Waals surface area contributed by atoms with E-state index < -0.39 is 0 Å². The van der Waals surface area contributed by atoms with Gasteiger partial charge in [0.15, 0.2) is 0 Å². The molecule has 4 aliphatic rings. The summed E-state index contributed by atoms with van der Waals surface area (Å²) < 4.78 is 2.07. The Kier molecular flexibility index (Phi) is 8.88. The number of fused-ring (bicyclic) bond motifs is 2. The van der Waals surface area contributed by atoms with Gasteiger partial charge in [0, 0.05) is 58.7 Å². The number of nitrogens with zero attached hydrogens (tertiary/aromatic N) is 3. The first-order valence-electron chi connectivity index (χ1n) is 14.8. The van der Waals surface area contributed by atoms with Crippen molar-refractivity contribution in [3.8, 4) is 0 Å². The number of pyridine rings is 1. The van der Waals surface area contributed by atoms with Crippen LogP contribution in [0, 0.1) is 11.8 Å². The molecule has 40 heavy (non-hydrogen) atoms. The van der Waals surface area contributed by atoms with Crippen LogP contribution in [0.4, 0.5) is 0 Å². The number of amides is 2. The molecule has 0 bridgehead atoms. The number of carbonyl (C=O) groups excluding carboxylic acids is 2. The number of hydrogen-bond donors (Lipinski definition) is 1. The second kappa shape index (κ2) is 12.4. The largest absolute Gasteiger partial charge is 0.343 e. The molecule has 9 heteroatoms. The molecular weight excluding hydrogens is 656 g/mol. The van der Waals surface area contributed by atoms with Crippen molar-refractivity contribution in [2.45, 2.75) is 69.7 Å². The number of aromatic nitrogens is 1. The molecule has 4 heterocycles. The van der Waals surface area contributed by atoms with E-state index in [2.05, 4.69) is 54.2 Å². The SMILES string of the molecule is O=C(CC1CCN(C(=O)[C@@H]2CCCN2)CC1)N1CCC([C@H]2c3ncc(Br)cc3CCc3cc(Cl)cc(Br)c32)CC1. The monoisotopic (exact) mass is 690 g/mol. The molecule has 0 unspecified atom stereocenters. The minimum atomic E-state index is 0.00111. The lowest BCUT2D eigenvalue weighted by atomic mass is 9.76. The van der Waals surface area contributed by atoms with Gasteiger partial charge in [0.25, 0.3) is 0 Å². The molecule has 3 fully saturated rings. The van der Waals surface area contributed by atoms with Gasteiger partial charge in [-0.05, 0) is 121 Å². The van der Waals surface area contributed by atoms with E-state index in [1.54, 1.807) is 0 Å². The summed E-state index contributed by atoms with van der Waals surface area (Å²) in [5.41, 5.74) is 5.08. The molecule has 2 amide bonds. The van der Waals surface area contributed by atoms with Crippen molar-refractivity contribution < 1.29 is 9.59 Å². The fourth-order valence-corrected chi connectivity index (χ4v) is 8.86. The van der Waals surface area contributed by atoms with E-state index in [4.69, 9.17) is 16.6 Å². The average molecular weight is 693 g/mol. The Morgan fingerprint density at radius 1 is 0.950 bits per heavy atom. The van der Waals surface area contributed by atoms with Gasteiger partial charge in [0.05, 0.1) is 11.7 Å². The molecule has 2 atom stereocenters. The van der Waals surface area contributed by atoms with Gasteiger partial charge in [-0.25, -0.2) is 0 Å². The van der Waals surface area contributed by atoms with Gasteiger partial charge in [-0.1, -0.05) is 27.5 Å². The third-order valence-electron chi connectivity index (χ3n) is 9.53. The Labute approximate surface area is 258 Å². The van der Waals surface area contributed by atoms with Crippen LogP contribution in [0.2, 0.25) is 5.02 Å². The second-order valence-corrected chi connectivity index (χ2v) is 14.2. The summed E-state index contributed by atoms with van der Waals surface area (Å²) >= 11 is 13.9. The maximum Gasteiger partial charge on any atom is 0.239 e. The molecule has 3 saturated heterocycles. The van der Waals surface area contributed by atoms with Crippen LogP contribution in [0.15, 0.2) is 33.3 Å². The second-order valence-electron chi connectivity index (χ2n) is 12.0. The third kappa shape index (κ3) is 6.02. The van der Waals surface area contributed by atoms with Gasteiger partial charge in [-0.2, -0.15) is 0 Å². The number of hydrogen-bond acceptors (Lipinski definition) is 4. The molecule has 6 rings (SSSR count). The number of rotatable bonds is 4. The minimum absolute atomic E-state index is 0.00111. The average Bonchev–Trinajstić information content (AvgIpc) is 3.44. The van der Waals surface area contributed by atoms with Crippen LogP contribution in [0.1, 0.15) is 73.2 Å². The summed E-state index contributed by atoms with van der Waals surface area (Å²) in [5, 5.41) is 4.08. The molecule has 0 saturated carbocycles. The van der Waals surface area contributed by atoms with E-state index in [-0.39, 0.29) is 23.8 Å². The zero-order valence-corrected chi connectivity index (χ0v) is 26.7. The molecule has 0 spiro atoms. The van der Waals surface area contributed by atoms with E-state index in [0.29, 0.717) is 18.3 Å². The number of likely N-dealkylation sites (tertiary alicyclic amines) is 2. The van der Waals surface area contributed by atoms with E-state index >= 15 is 0 Å². The van der Waals surface area contributed by atoms with Crippen LogP contribution >= 0.6 is 43.5 Å². The first-order chi connectivity index (χ1) is 19.4. The highest BCUT2D eigenvalue weighted by molar-refractivity contribution is 9.10. The lowest BCUT2D eigenvalue weighted by Crippen LogP contribution is -2.47. The van der Waals surface area contributed by atoms with Gasteiger partial charge in [-0.3, -0.25) is 14.6 Å². The highest BCUT2D eigenvalue weighted by Crippen LogP contribution is 2.46. The molecule has 6 nitrogen and oxygen atoms in total. The summed E-state index contributed by atoms with van der Waals surface area (Å²) in [5.74, 6) is 1.49. The van der Waals surface area contributed by atoms with Crippen molar-refractivity contribution in [2.24, 2.45) is 11.8 Å². The van der Waals surface area contributed by atoms with Crippen LogP contribution in [0.25, 0.3) is 0 Å². The summed E-state index contributed by atoms with van der Waals surface area (Å²) in [6.07, 6.45) is 10.2. The molecule has 1 aromatic heterocycles. The summed E-state index contributed by atoms with van der Waals surface area (Å²) in [4.78, 5) is 35.1. The van der Waals surface area contributed by atoms with Crippen molar-refractivity contribution in [1.29, 1.82) is 0 Å². The fraction of sp³-hybridized carbons (Fsp3) is 0.581. The summed E-state index contributed by atoms with van der Waals surface area (Å²) in [6.45, 7) is 4.07. The molecule has 1 aliphatic carbocycles. The van der Waals surface area contributed by atoms with Crippen LogP contribution in [0.3, 0.4) is 0 Å². The van der Waals surface area contributed by atoms with Crippen LogP contribution in [0.5, 0.6) is 0 Å². The Morgan fingerprint density at radius 2 is 1.68 bits per heavy atom. The molecule has 2 aromatic rings. The summed E-state index contributed by atoms with van der Waals surface area (Å²) in [6, 6.07) is 6.36. The zero-order chi connectivity index (χ0) is 27.8. The normalized spacial score (nSPS) is 24.0. The number of aryl methyl sites for hydroxylation is 2. The molecule has 1 aromatic carbocycles. The van der Waals surface area contributed by atoms with Gasteiger partial charge in [0.1, 0.15) is 0 Å². The zero-order valence-electron chi connectivity index (χ0n) is 22.8. The predicted octanol–water partition coefficient (Wildman–Crippen LogP) is 6.11. The molecule has 0 radical (unpaired) electrons. The topological polar surface area (TPSA) is 65.5 Å². The molecule has 3 aliphatic heterocycles. The first-order valence-corrected chi connectivity index (χ1v) is 16.8. The molecule has 214 valence electrons. The third-order valence-corrected chi connectivity index (χ3v) is 10.8. The number of carbonyl (C=O) groups is 2. The Bertz CT molecular complexity index is 1270.